The van der Waals surface area contributed by atoms with Crippen LogP contribution < -0.4 is 0 Å². The lowest BCUT2D eigenvalue weighted by atomic mass is 10.0. The molecule has 80 valence electrons. The molecule has 0 saturated carbocycles. The van der Waals surface area contributed by atoms with Gasteiger partial charge in [-0.25, -0.2) is 4.98 Å². The number of aldehydes is 1. The van der Waals surface area contributed by atoms with E-state index in [0.29, 0.717) is 10.7 Å². The van der Waals surface area contributed by atoms with Crippen molar-refractivity contribution >= 4 is 17.9 Å². The molecule has 0 fully saturated rings. The van der Waals surface area contributed by atoms with Crippen LogP contribution in [0.2, 0.25) is 5.15 Å². The van der Waals surface area contributed by atoms with Gasteiger partial charge in [-0.2, -0.15) is 0 Å². The third-order valence-corrected chi connectivity index (χ3v) is 2.55. The van der Waals surface area contributed by atoms with Gasteiger partial charge in [-0.3, -0.25) is 9.78 Å². The molecule has 0 amide bonds. The molecule has 3 nitrogen and oxygen atoms in total. The number of hydrogen-bond acceptors (Lipinski definition) is 3. The molecule has 2 aromatic rings. The Morgan fingerprint density at radius 3 is 2.88 bits per heavy atom. The summed E-state index contributed by atoms with van der Waals surface area (Å²) in [5.41, 5.74) is 3.22. The first kappa shape index (κ1) is 10.8. The second-order valence-corrected chi connectivity index (χ2v) is 3.79. The van der Waals surface area contributed by atoms with Crippen LogP contribution in [-0.4, -0.2) is 16.3 Å². The lowest BCUT2D eigenvalue weighted by molar-refractivity contribution is 0.112. The monoisotopic (exact) mass is 232 g/mol. The average molecular weight is 233 g/mol. The normalized spacial score (nSPS) is 10.1. The summed E-state index contributed by atoms with van der Waals surface area (Å²) in [7, 11) is 0. The first-order valence-electron chi connectivity index (χ1n) is 4.74. The highest BCUT2D eigenvalue weighted by atomic mass is 35.5. The van der Waals surface area contributed by atoms with Crippen LogP contribution in [0.15, 0.2) is 30.7 Å². The fraction of sp³-hybridized carbons (Fsp3) is 0.0833. The Morgan fingerprint density at radius 1 is 1.31 bits per heavy atom. The van der Waals surface area contributed by atoms with E-state index < -0.39 is 0 Å². The van der Waals surface area contributed by atoms with Crippen LogP contribution in [-0.2, 0) is 0 Å². The Labute approximate surface area is 98.1 Å². The molecule has 0 aliphatic carbocycles. The van der Waals surface area contributed by atoms with Gasteiger partial charge in [0, 0.05) is 29.7 Å². The maximum Gasteiger partial charge on any atom is 0.150 e. The first-order chi connectivity index (χ1) is 7.72. The van der Waals surface area contributed by atoms with Gasteiger partial charge in [0.25, 0.3) is 0 Å². The quantitative estimate of drug-likeness (QED) is 0.591. The summed E-state index contributed by atoms with van der Waals surface area (Å²) in [6.45, 7) is 1.92. The van der Waals surface area contributed by atoms with Gasteiger partial charge in [0.2, 0.25) is 0 Å². The maximum atomic E-state index is 10.9. The number of carbonyl (C=O) groups excluding carboxylic acids is 1. The smallest absolute Gasteiger partial charge is 0.150 e. The van der Waals surface area contributed by atoms with E-state index in [1.807, 2.05) is 6.92 Å². The van der Waals surface area contributed by atoms with Gasteiger partial charge in [0.1, 0.15) is 5.15 Å². The number of aromatic nitrogens is 2. The highest BCUT2D eigenvalue weighted by Crippen LogP contribution is 2.26. The van der Waals surface area contributed by atoms with Crippen molar-refractivity contribution in [3.8, 4) is 11.1 Å². The summed E-state index contributed by atoms with van der Waals surface area (Å²) in [4.78, 5) is 18.9. The lowest BCUT2D eigenvalue weighted by Gasteiger charge is -2.07. The highest BCUT2D eigenvalue weighted by molar-refractivity contribution is 6.29. The Bertz CT molecular complexity index is 540. The van der Waals surface area contributed by atoms with Crippen molar-refractivity contribution in [3.05, 3.63) is 47.0 Å². The van der Waals surface area contributed by atoms with Gasteiger partial charge in [0.15, 0.2) is 6.29 Å². The summed E-state index contributed by atoms with van der Waals surface area (Å²) in [6, 6.07) is 3.41. The topological polar surface area (TPSA) is 42.9 Å². The highest BCUT2D eigenvalue weighted by Gasteiger charge is 2.08. The first-order valence-corrected chi connectivity index (χ1v) is 5.12. The molecule has 0 aliphatic heterocycles. The number of aryl methyl sites for hydroxylation is 1. The molecule has 16 heavy (non-hydrogen) atoms. The van der Waals surface area contributed by atoms with Crippen LogP contribution in [0.3, 0.4) is 0 Å². The van der Waals surface area contributed by atoms with Crippen LogP contribution in [0.25, 0.3) is 11.1 Å². The van der Waals surface area contributed by atoms with E-state index >= 15 is 0 Å². The third-order valence-electron chi connectivity index (χ3n) is 2.34. The second-order valence-electron chi connectivity index (χ2n) is 3.40. The van der Waals surface area contributed by atoms with Crippen LogP contribution in [0.4, 0.5) is 0 Å². The van der Waals surface area contributed by atoms with E-state index in [1.165, 1.54) is 0 Å². The molecule has 0 saturated heterocycles. The fourth-order valence-corrected chi connectivity index (χ4v) is 1.68. The SMILES string of the molecule is Cc1cnc(Cl)cc1-c1cnccc1C=O. The number of nitrogens with zero attached hydrogens (tertiary/aromatic N) is 2. The predicted octanol–water partition coefficient (Wildman–Crippen LogP) is 2.92. The molecule has 0 bridgehead atoms. The van der Waals surface area contributed by atoms with E-state index in [1.54, 1.807) is 30.7 Å². The maximum absolute atomic E-state index is 10.9. The van der Waals surface area contributed by atoms with Gasteiger partial charge >= 0.3 is 0 Å². The zero-order valence-corrected chi connectivity index (χ0v) is 9.40. The predicted molar refractivity (Wildman–Crippen MR) is 62.6 cm³/mol. The van der Waals surface area contributed by atoms with E-state index in [0.717, 1.165) is 23.0 Å². The third kappa shape index (κ3) is 1.95. The number of pyridine rings is 2. The van der Waals surface area contributed by atoms with Crippen LogP contribution in [0.5, 0.6) is 0 Å². The Morgan fingerprint density at radius 2 is 2.12 bits per heavy atom. The fourth-order valence-electron chi connectivity index (χ4n) is 1.52. The molecular weight excluding hydrogens is 224 g/mol. The number of hydrogen-bond donors (Lipinski definition) is 0. The Kier molecular flexibility index (Phi) is 2.97. The number of halogens is 1. The largest absolute Gasteiger partial charge is 0.298 e. The standard InChI is InChI=1S/C12H9ClN2O/c1-8-5-15-12(13)4-10(8)11-6-14-3-2-9(11)7-16/h2-7H,1H3. The number of rotatable bonds is 2. The lowest BCUT2D eigenvalue weighted by Crippen LogP contribution is -1.92. The molecule has 0 unspecified atom stereocenters. The van der Waals surface area contributed by atoms with Crippen molar-refractivity contribution in [1.82, 2.24) is 9.97 Å². The van der Waals surface area contributed by atoms with Crippen LogP contribution >= 0.6 is 11.6 Å². The summed E-state index contributed by atoms with van der Waals surface area (Å²) >= 11 is 5.84. The molecule has 2 rings (SSSR count). The molecular formula is C12H9ClN2O. The molecule has 2 heterocycles. The van der Waals surface area contributed by atoms with E-state index in [2.05, 4.69) is 9.97 Å². The van der Waals surface area contributed by atoms with Crippen molar-refractivity contribution in [2.45, 2.75) is 6.92 Å². The minimum absolute atomic E-state index is 0.404. The number of carbonyl (C=O) groups is 1. The average Bonchev–Trinajstić information content (AvgIpc) is 2.32. The van der Waals surface area contributed by atoms with Gasteiger partial charge in [-0.05, 0) is 30.2 Å². The van der Waals surface area contributed by atoms with E-state index in [4.69, 9.17) is 11.6 Å². The summed E-state index contributed by atoms with van der Waals surface area (Å²) in [5.74, 6) is 0. The molecule has 0 radical (unpaired) electrons. The molecule has 0 atom stereocenters. The summed E-state index contributed by atoms with van der Waals surface area (Å²) in [6.07, 6.45) is 5.73. The van der Waals surface area contributed by atoms with Crippen molar-refractivity contribution < 1.29 is 4.79 Å². The van der Waals surface area contributed by atoms with Crippen molar-refractivity contribution in [1.29, 1.82) is 0 Å². The summed E-state index contributed by atoms with van der Waals surface area (Å²) in [5, 5.41) is 0.404. The molecule has 0 N–H and O–H groups in total. The molecule has 2 aromatic heterocycles. The van der Waals surface area contributed by atoms with Gasteiger partial charge in [0.05, 0.1) is 0 Å². The van der Waals surface area contributed by atoms with Crippen molar-refractivity contribution in [2.75, 3.05) is 0 Å². The summed E-state index contributed by atoms with van der Waals surface area (Å²) < 4.78 is 0. The van der Waals surface area contributed by atoms with Crippen molar-refractivity contribution in [3.63, 3.8) is 0 Å². The minimum Gasteiger partial charge on any atom is -0.298 e. The second kappa shape index (κ2) is 4.41. The van der Waals surface area contributed by atoms with Gasteiger partial charge in [-0.15, -0.1) is 0 Å². The Hall–Kier alpha value is -1.74. The van der Waals surface area contributed by atoms with E-state index in [-0.39, 0.29) is 0 Å². The minimum atomic E-state index is 0.404. The van der Waals surface area contributed by atoms with E-state index in [9.17, 15) is 4.79 Å². The Balaban J connectivity index is 2.66. The van der Waals surface area contributed by atoms with Crippen LogP contribution in [0.1, 0.15) is 15.9 Å². The van der Waals surface area contributed by atoms with Crippen molar-refractivity contribution in [2.24, 2.45) is 0 Å². The zero-order chi connectivity index (χ0) is 11.5. The molecule has 0 spiro atoms. The molecule has 0 aliphatic rings. The molecule has 4 heteroatoms. The zero-order valence-electron chi connectivity index (χ0n) is 8.64. The van der Waals surface area contributed by atoms with Gasteiger partial charge in [-0.1, -0.05) is 11.6 Å². The molecule has 0 aromatic carbocycles. The van der Waals surface area contributed by atoms with Gasteiger partial charge < -0.3 is 0 Å². The van der Waals surface area contributed by atoms with Crippen LogP contribution in [0, 0.1) is 6.92 Å².